The first-order valence-corrected chi connectivity index (χ1v) is 12.4. The molecule has 4 rings (SSSR count). The third-order valence-corrected chi connectivity index (χ3v) is 7.88. The van der Waals surface area contributed by atoms with Crippen LogP contribution in [0.1, 0.15) is 5.56 Å². The average Bonchev–Trinajstić information content (AvgIpc) is 2.79. The van der Waals surface area contributed by atoms with Crippen LogP contribution in [0.25, 0.3) is 0 Å². The molecule has 0 nitrogen and oxygen atoms in total. The zero-order chi connectivity index (χ0) is 20.5. The predicted molar refractivity (Wildman–Crippen MR) is 132 cm³/mol. The summed E-state index contributed by atoms with van der Waals surface area (Å²) in [6.07, 6.45) is 0. The van der Waals surface area contributed by atoms with Crippen molar-refractivity contribution in [1.29, 1.82) is 0 Å². The Morgan fingerprint density at radius 3 is 1.38 bits per heavy atom. The fourth-order valence-electron chi connectivity index (χ4n) is 2.80. The second kappa shape index (κ2) is 11.4. The van der Waals surface area contributed by atoms with Crippen LogP contribution in [-0.2, 0) is 5.33 Å². The quantitative estimate of drug-likeness (QED) is 0.199. The molecule has 0 aliphatic heterocycles. The predicted octanol–water partition coefficient (Wildman–Crippen LogP) is 6.93. The maximum Gasteiger partial charge on any atom is 0.137 e. The van der Waals surface area contributed by atoms with Crippen LogP contribution in [0.3, 0.4) is 0 Å². The molecule has 0 aromatic heterocycles. The second-order valence-electron chi connectivity index (χ2n) is 6.22. The van der Waals surface area contributed by atoms with Gasteiger partial charge in [0, 0.05) is 5.33 Å². The Labute approximate surface area is 189 Å². The molecule has 4 aromatic rings. The van der Waals surface area contributed by atoms with Gasteiger partial charge in [0.15, 0.2) is 0 Å². The SMILES string of the molecule is Fc1ccc(CBr)cc1Br.c1ccc(P(c2ccccc2)c2ccccc2)cc1. The zero-order valence-electron chi connectivity index (χ0n) is 15.7. The van der Waals surface area contributed by atoms with E-state index in [9.17, 15) is 4.39 Å². The van der Waals surface area contributed by atoms with Gasteiger partial charge in [0.05, 0.1) is 4.47 Å². The first-order valence-electron chi connectivity index (χ1n) is 9.14. The minimum absolute atomic E-state index is 0.218. The van der Waals surface area contributed by atoms with Crippen molar-refractivity contribution in [3.8, 4) is 0 Å². The topological polar surface area (TPSA) is 0 Å². The van der Waals surface area contributed by atoms with Gasteiger partial charge in [-0.25, -0.2) is 4.39 Å². The van der Waals surface area contributed by atoms with Crippen LogP contribution in [-0.4, -0.2) is 0 Å². The summed E-state index contributed by atoms with van der Waals surface area (Å²) in [4.78, 5) is 0. The molecular weight excluding hydrogens is 510 g/mol. The van der Waals surface area contributed by atoms with Gasteiger partial charge < -0.3 is 0 Å². The summed E-state index contributed by atoms with van der Waals surface area (Å²) in [5.41, 5.74) is 1.06. The fraction of sp³-hybridized carbons (Fsp3) is 0.0400. The molecule has 0 heterocycles. The van der Waals surface area contributed by atoms with Crippen LogP contribution in [0.5, 0.6) is 0 Å². The minimum Gasteiger partial charge on any atom is -0.206 e. The molecule has 0 amide bonds. The number of halogens is 3. The summed E-state index contributed by atoms with van der Waals surface area (Å²) < 4.78 is 13.1. The zero-order valence-corrected chi connectivity index (χ0v) is 19.7. The van der Waals surface area contributed by atoms with E-state index in [0.29, 0.717) is 4.47 Å². The van der Waals surface area contributed by atoms with Gasteiger partial charge in [-0.2, -0.15) is 0 Å². The summed E-state index contributed by atoms with van der Waals surface area (Å²) >= 11 is 6.36. The number of rotatable bonds is 4. The van der Waals surface area contributed by atoms with Crippen molar-refractivity contribution in [3.05, 3.63) is 125 Å². The van der Waals surface area contributed by atoms with Gasteiger partial charge in [0.2, 0.25) is 0 Å². The molecular formula is C25H20Br2FP. The third-order valence-electron chi connectivity index (χ3n) is 4.18. The van der Waals surface area contributed by atoms with E-state index in [4.69, 9.17) is 0 Å². The van der Waals surface area contributed by atoms with Crippen molar-refractivity contribution in [2.75, 3.05) is 0 Å². The maximum atomic E-state index is 12.6. The monoisotopic (exact) mass is 528 g/mol. The third kappa shape index (κ3) is 6.34. The van der Waals surface area contributed by atoms with E-state index in [1.807, 2.05) is 0 Å². The Morgan fingerprint density at radius 1 is 0.621 bits per heavy atom. The van der Waals surface area contributed by atoms with Crippen LogP contribution in [0.15, 0.2) is 114 Å². The van der Waals surface area contributed by atoms with Crippen molar-refractivity contribution < 1.29 is 4.39 Å². The minimum atomic E-state index is -0.446. The van der Waals surface area contributed by atoms with E-state index >= 15 is 0 Å². The molecule has 4 heteroatoms. The average molecular weight is 530 g/mol. The molecule has 0 fully saturated rings. The van der Waals surface area contributed by atoms with Crippen molar-refractivity contribution in [2.24, 2.45) is 0 Å². The summed E-state index contributed by atoms with van der Waals surface area (Å²) in [5, 5.41) is 4.95. The van der Waals surface area contributed by atoms with Crippen molar-refractivity contribution >= 4 is 55.7 Å². The molecule has 0 saturated heterocycles. The fourth-order valence-corrected chi connectivity index (χ4v) is 5.88. The number of hydrogen-bond donors (Lipinski definition) is 0. The highest BCUT2D eigenvalue weighted by Crippen LogP contribution is 2.32. The van der Waals surface area contributed by atoms with Crippen LogP contribution >= 0.6 is 39.8 Å². The Bertz CT molecular complexity index is 915. The first-order chi connectivity index (χ1) is 14.2. The van der Waals surface area contributed by atoms with Crippen LogP contribution in [0, 0.1) is 5.82 Å². The van der Waals surface area contributed by atoms with Crippen molar-refractivity contribution in [2.45, 2.75) is 5.33 Å². The van der Waals surface area contributed by atoms with E-state index in [2.05, 4.69) is 123 Å². The lowest BCUT2D eigenvalue weighted by atomic mass is 10.2. The Hall–Kier alpha value is -1.80. The number of benzene rings is 4. The maximum absolute atomic E-state index is 12.6. The Balaban J connectivity index is 0.000000204. The first kappa shape index (κ1) is 21.9. The molecule has 0 atom stereocenters. The summed E-state index contributed by atoms with van der Waals surface area (Å²) in [7, 11) is -0.446. The summed E-state index contributed by atoms with van der Waals surface area (Å²) in [5.74, 6) is -0.218. The van der Waals surface area contributed by atoms with Crippen LogP contribution in [0.4, 0.5) is 4.39 Å². The van der Waals surface area contributed by atoms with E-state index < -0.39 is 7.92 Å². The molecule has 29 heavy (non-hydrogen) atoms. The molecule has 146 valence electrons. The van der Waals surface area contributed by atoms with Crippen molar-refractivity contribution in [3.63, 3.8) is 0 Å². The molecule has 0 N–H and O–H groups in total. The van der Waals surface area contributed by atoms with E-state index in [1.54, 1.807) is 12.1 Å². The normalized spacial score (nSPS) is 10.3. The molecule has 0 spiro atoms. The van der Waals surface area contributed by atoms with Gasteiger partial charge in [-0.1, -0.05) is 113 Å². The molecule has 0 bridgehead atoms. The Morgan fingerprint density at radius 2 is 1.03 bits per heavy atom. The largest absolute Gasteiger partial charge is 0.206 e. The van der Waals surface area contributed by atoms with Gasteiger partial charge in [-0.05, 0) is 57.5 Å². The van der Waals surface area contributed by atoms with Gasteiger partial charge in [0.1, 0.15) is 5.82 Å². The van der Waals surface area contributed by atoms with Crippen molar-refractivity contribution in [1.82, 2.24) is 0 Å². The second-order valence-corrected chi connectivity index (χ2v) is 9.86. The Kier molecular flexibility index (Phi) is 8.61. The molecule has 0 aliphatic rings. The highest BCUT2D eigenvalue weighted by atomic mass is 79.9. The van der Waals surface area contributed by atoms with Gasteiger partial charge in [-0.3, -0.25) is 0 Å². The van der Waals surface area contributed by atoms with Crippen LogP contribution in [0.2, 0.25) is 0 Å². The van der Waals surface area contributed by atoms with Gasteiger partial charge in [-0.15, -0.1) is 0 Å². The summed E-state index contributed by atoms with van der Waals surface area (Å²) in [6, 6.07) is 37.3. The smallest absolute Gasteiger partial charge is 0.137 e. The lowest BCUT2D eigenvalue weighted by molar-refractivity contribution is 0.620. The summed E-state index contributed by atoms with van der Waals surface area (Å²) in [6.45, 7) is 0. The highest BCUT2D eigenvalue weighted by Gasteiger charge is 2.14. The molecule has 0 radical (unpaired) electrons. The van der Waals surface area contributed by atoms with Gasteiger partial charge in [0.25, 0.3) is 0 Å². The van der Waals surface area contributed by atoms with E-state index in [-0.39, 0.29) is 5.82 Å². The highest BCUT2D eigenvalue weighted by molar-refractivity contribution is 9.10. The van der Waals surface area contributed by atoms with E-state index in [1.165, 1.54) is 22.0 Å². The number of hydrogen-bond acceptors (Lipinski definition) is 0. The lowest BCUT2D eigenvalue weighted by Gasteiger charge is -2.18. The molecule has 0 unspecified atom stereocenters. The lowest BCUT2D eigenvalue weighted by Crippen LogP contribution is -2.20. The van der Waals surface area contributed by atoms with E-state index in [0.717, 1.165) is 10.9 Å². The van der Waals surface area contributed by atoms with Crippen LogP contribution < -0.4 is 15.9 Å². The molecule has 0 saturated carbocycles. The van der Waals surface area contributed by atoms with Gasteiger partial charge >= 0.3 is 0 Å². The molecule has 4 aromatic carbocycles. The standard InChI is InChI=1S/C18H15P.C7H5Br2F/c1-4-10-16(11-5-1)19(17-12-6-2-7-13-17)18-14-8-3-9-15-18;8-4-5-1-2-7(10)6(9)3-5/h1-15H;1-3H,4H2. The number of alkyl halides is 1. The molecule has 0 aliphatic carbocycles.